The summed E-state index contributed by atoms with van der Waals surface area (Å²) < 4.78 is 3.82. The van der Waals surface area contributed by atoms with E-state index in [0.29, 0.717) is 20.9 Å². The number of thioether (sulfide) groups is 1. The van der Waals surface area contributed by atoms with Crippen LogP contribution in [0.15, 0.2) is 47.9 Å². The predicted octanol–water partition coefficient (Wildman–Crippen LogP) is 4.38. The Morgan fingerprint density at radius 3 is 2.69 bits per heavy atom. The Balaban J connectivity index is 1.70. The number of aryl methyl sites for hydroxylation is 1. The molecule has 0 aliphatic heterocycles. The zero-order valence-corrected chi connectivity index (χ0v) is 16.4. The van der Waals surface area contributed by atoms with Gasteiger partial charge in [-0.05, 0) is 36.8 Å². The van der Waals surface area contributed by atoms with Crippen molar-refractivity contribution in [3.8, 4) is 0 Å². The fourth-order valence-electron chi connectivity index (χ4n) is 2.36. The molecule has 0 aliphatic carbocycles. The van der Waals surface area contributed by atoms with Crippen LogP contribution in [0.2, 0.25) is 10.0 Å². The second kappa shape index (κ2) is 8.62. The number of rotatable bonds is 7. The van der Waals surface area contributed by atoms with E-state index in [2.05, 4.69) is 22.4 Å². The van der Waals surface area contributed by atoms with E-state index in [1.165, 1.54) is 11.8 Å². The number of halogens is 2. The van der Waals surface area contributed by atoms with Gasteiger partial charge in [0.05, 0.1) is 16.5 Å². The molecule has 0 saturated heterocycles. The molecule has 0 bridgehead atoms. The normalized spacial score (nSPS) is 10.9. The number of benzene rings is 1. The first-order valence-corrected chi connectivity index (χ1v) is 9.78. The maximum Gasteiger partial charge on any atom is 0.234 e. The predicted molar refractivity (Wildman–Crippen MR) is 105 cm³/mol. The number of anilines is 1. The molecule has 136 valence electrons. The monoisotopic (exact) mass is 409 g/mol. The summed E-state index contributed by atoms with van der Waals surface area (Å²) in [6.07, 6.45) is 5.60. The van der Waals surface area contributed by atoms with Crippen LogP contribution in [-0.2, 0) is 11.2 Å². The molecular formula is C17H17Cl2N5OS. The van der Waals surface area contributed by atoms with Crippen molar-refractivity contribution in [2.45, 2.75) is 24.9 Å². The average molecular weight is 410 g/mol. The van der Waals surface area contributed by atoms with Gasteiger partial charge in [-0.2, -0.15) is 0 Å². The van der Waals surface area contributed by atoms with Crippen LogP contribution in [0, 0.1) is 0 Å². The molecular weight excluding hydrogens is 393 g/mol. The molecule has 0 atom stereocenters. The van der Waals surface area contributed by atoms with E-state index in [-0.39, 0.29) is 11.7 Å². The Kier molecular flexibility index (Phi) is 6.24. The maximum atomic E-state index is 12.3. The maximum absolute atomic E-state index is 12.3. The molecule has 9 heteroatoms. The first-order valence-electron chi connectivity index (χ1n) is 8.04. The van der Waals surface area contributed by atoms with Crippen molar-refractivity contribution in [1.82, 2.24) is 19.5 Å². The molecule has 0 saturated carbocycles. The number of nitrogens with one attached hydrogen (secondary N) is 1. The SMILES string of the molecule is CCCc1nnc(SCC(=O)Nc2ccc(Cl)cc2Cl)n1-n1cccc1. The van der Waals surface area contributed by atoms with Crippen LogP contribution in [-0.4, -0.2) is 31.2 Å². The third-order valence-electron chi connectivity index (χ3n) is 3.51. The van der Waals surface area contributed by atoms with Crippen LogP contribution in [0.3, 0.4) is 0 Å². The Bertz CT molecular complexity index is 895. The standard InChI is InChI=1S/C17H17Cl2N5OS/c1-2-5-15-21-22-17(24(15)23-8-3-4-9-23)26-11-16(25)20-14-7-6-12(18)10-13(14)19/h3-4,6-10H,2,5,11H2,1H3,(H,20,25). The zero-order valence-electron chi connectivity index (χ0n) is 14.0. The molecule has 3 rings (SSSR count). The Labute approximate surface area is 165 Å². The molecule has 3 aromatic rings. The van der Waals surface area contributed by atoms with Gasteiger partial charge in [-0.3, -0.25) is 9.47 Å². The summed E-state index contributed by atoms with van der Waals surface area (Å²) in [5.74, 6) is 0.857. The van der Waals surface area contributed by atoms with Gasteiger partial charge in [0.15, 0.2) is 5.82 Å². The van der Waals surface area contributed by atoms with Crippen molar-refractivity contribution in [3.05, 3.63) is 58.6 Å². The molecule has 2 aromatic heterocycles. The lowest BCUT2D eigenvalue weighted by Gasteiger charge is -2.11. The van der Waals surface area contributed by atoms with Crippen molar-refractivity contribution < 1.29 is 4.79 Å². The molecule has 6 nitrogen and oxygen atoms in total. The van der Waals surface area contributed by atoms with Gasteiger partial charge in [-0.1, -0.05) is 41.9 Å². The first-order chi connectivity index (χ1) is 12.6. The Morgan fingerprint density at radius 1 is 1.23 bits per heavy atom. The zero-order chi connectivity index (χ0) is 18.5. The summed E-state index contributed by atoms with van der Waals surface area (Å²) in [6.45, 7) is 2.09. The number of hydrogen-bond acceptors (Lipinski definition) is 4. The molecule has 0 radical (unpaired) electrons. The largest absolute Gasteiger partial charge is 0.324 e. The third-order valence-corrected chi connectivity index (χ3v) is 4.97. The molecule has 26 heavy (non-hydrogen) atoms. The summed E-state index contributed by atoms with van der Waals surface area (Å²) in [5, 5.41) is 12.8. The summed E-state index contributed by atoms with van der Waals surface area (Å²) in [4.78, 5) is 12.3. The van der Waals surface area contributed by atoms with Crippen molar-refractivity contribution in [2.75, 3.05) is 11.1 Å². The van der Waals surface area contributed by atoms with Crippen LogP contribution in [0.1, 0.15) is 19.2 Å². The molecule has 1 aromatic carbocycles. The van der Waals surface area contributed by atoms with Crippen molar-refractivity contribution in [1.29, 1.82) is 0 Å². The summed E-state index contributed by atoms with van der Waals surface area (Å²) in [5.41, 5.74) is 0.528. The number of aromatic nitrogens is 4. The van der Waals surface area contributed by atoms with E-state index in [1.54, 1.807) is 18.2 Å². The van der Waals surface area contributed by atoms with E-state index >= 15 is 0 Å². The Morgan fingerprint density at radius 2 is 2.00 bits per heavy atom. The summed E-state index contributed by atoms with van der Waals surface area (Å²) in [7, 11) is 0. The van der Waals surface area contributed by atoms with Crippen LogP contribution in [0.5, 0.6) is 0 Å². The van der Waals surface area contributed by atoms with Crippen LogP contribution in [0.25, 0.3) is 0 Å². The Hall–Kier alpha value is -1.96. The molecule has 1 amide bonds. The number of hydrogen-bond donors (Lipinski definition) is 1. The molecule has 0 unspecified atom stereocenters. The van der Waals surface area contributed by atoms with Gasteiger partial charge in [0, 0.05) is 23.8 Å². The average Bonchev–Trinajstić information content (AvgIpc) is 3.25. The molecule has 0 aliphatic rings. The number of carbonyl (C=O) groups excluding carboxylic acids is 1. The molecule has 1 N–H and O–H groups in total. The lowest BCUT2D eigenvalue weighted by molar-refractivity contribution is -0.113. The van der Waals surface area contributed by atoms with Gasteiger partial charge in [0.2, 0.25) is 11.1 Å². The quantitative estimate of drug-likeness (QED) is 0.587. The van der Waals surface area contributed by atoms with Crippen LogP contribution in [0.4, 0.5) is 5.69 Å². The van der Waals surface area contributed by atoms with E-state index in [4.69, 9.17) is 23.2 Å². The van der Waals surface area contributed by atoms with E-state index < -0.39 is 0 Å². The van der Waals surface area contributed by atoms with Gasteiger partial charge in [0.1, 0.15) is 0 Å². The lowest BCUT2D eigenvalue weighted by atomic mass is 10.3. The minimum Gasteiger partial charge on any atom is -0.324 e. The summed E-state index contributed by atoms with van der Waals surface area (Å²) >= 11 is 13.3. The highest BCUT2D eigenvalue weighted by Gasteiger charge is 2.15. The minimum atomic E-state index is -0.182. The van der Waals surface area contributed by atoms with Crippen molar-refractivity contribution in [3.63, 3.8) is 0 Å². The number of carbonyl (C=O) groups is 1. The summed E-state index contributed by atoms with van der Waals surface area (Å²) in [6, 6.07) is 8.80. The number of nitrogens with zero attached hydrogens (tertiary/aromatic N) is 4. The van der Waals surface area contributed by atoms with E-state index in [0.717, 1.165) is 18.7 Å². The van der Waals surface area contributed by atoms with Crippen LogP contribution >= 0.6 is 35.0 Å². The van der Waals surface area contributed by atoms with Gasteiger partial charge in [-0.15, -0.1) is 10.2 Å². The fourth-order valence-corrected chi connectivity index (χ4v) is 3.57. The molecule has 0 spiro atoms. The van der Waals surface area contributed by atoms with Gasteiger partial charge in [-0.25, -0.2) is 4.68 Å². The van der Waals surface area contributed by atoms with E-state index in [1.807, 2.05) is 33.9 Å². The highest BCUT2D eigenvalue weighted by molar-refractivity contribution is 7.99. The van der Waals surface area contributed by atoms with Crippen molar-refractivity contribution >= 4 is 46.6 Å². The smallest absolute Gasteiger partial charge is 0.234 e. The van der Waals surface area contributed by atoms with Crippen molar-refractivity contribution in [2.24, 2.45) is 0 Å². The van der Waals surface area contributed by atoms with Gasteiger partial charge in [0.25, 0.3) is 0 Å². The molecule has 0 fully saturated rings. The fraction of sp³-hybridized carbons (Fsp3) is 0.235. The second-order valence-corrected chi connectivity index (χ2v) is 7.27. The van der Waals surface area contributed by atoms with Crippen LogP contribution < -0.4 is 5.32 Å². The highest BCUT2D eigenvalue weighted by Crippen LogP contribution is 2.26. The van der Waals surface area contributed by atoms with Gasteiger partial charge >= 0.3 is 0 Å². The minimum absolute atomic E-state index is 0.182. The second-order valence-electron chi connectivity index (χ2n) is 5.48. The van der Waals surface area contributed by atoms with Gasteiger partial charge < -0.3 is 5.32 Å². The van der Waals surface area contributed by atoms with E-state index in [9.17, 15) is 4.79 Å². The molecule has 2 heterocycles. The first kappa shape index (κ1) is 18.8. The lowest BCUT2D eigenvalue weighted by Crippen LogP contribution is -2.16. The topological polar surface area (TPSA) is 64.7 Å². The highest BCUT2D eigenvalue weighted by atomic mass is 35.5. The third kappa shape index (κ3) is 4.41. The number of amides is 1.